The van der Waals surface area contributed by atoms with Crippen molar-refractivity contribution in [2.75, 3.05) is 19.6 Å². The number of nitrogens with one attached hydrogen (secondary N) is 1. The topological polar surface area (TPSA) is 32.3 Å². The van der Waals surface area contributed by atoms with Crippen LogP contribution in [0.15, 0.2) is 12.2 Å². The van der Waals surface area contributed by atoms with Gasteiger partial charge in [-0.2, -0.15) is 0 Å². The summed E-state index contributed by atoms with van der Waals surface area (Å²) in [6, 6.07) is 0.415. The van der Waals surface area contributed by atoms with Gasteiger partial charge in [0.1, 0.15) is 0 Å². The number of hydrogen-bond donors (Lipinski definition) is 1. The second-order valence-corrected chi connectivity index (χ2v) is 2.94. The van der Waals surface area contributed by atoms with Crippen LogP contribution in [0.3, 0.4) is 0 Å². The van der Waals surface area contributed by atoms with Gasteiger partial charge in [0, 0.05) is 19.6 Å². The molecular weight excluding hydrogens is 152 g/mol. The molecule has 1 rings (SSSR count). The SMILES string of the molecule is CC=CC(=O)N(CC)C1CNC1. The fourth-order valence-electron chi connectivity index (χ4n) is 1.33. The summed E-state index contributed by atoms with van der Waals surface area (Å²) in [6.07, 6.45) is 3.42. The Balaban J connectivity index is 2.48. The first-order valence-corrected chi connectivity index (χ1v) is 4.43. The molecule has 68 valence electrons. The van der Waals surface area contributed by atoms with E-state index in [-0.39, 0.29) is 5.91 Å². The Bertz CT molecular complexity index is 185. The van der Waals surface area contributed by atoms with Crippen molar-refractivity contribution in [3.63, 3.8) is 0 Å². The maximum absolute atomic E-state index is 11.4. The van der Waals surface area contributed by atoms with E-state index in [9.17, 15) is 4.79 Å². The van der Waals surface area contributed by atoms with Crippen molar-refractivity contribution in [3.8, 4) is 0 Å². The summed E-state index contributed by atoms with van der Waals surface area (Å²) in [5.41, 5.74) is 0. The lowest BCUT2D eigenvalue weighted by molar-refractivity contribution is -0.129. The number of likely N-dealkylation sites (N-methyl/N-ethyl adjacent to an activating group) is 1. The number of allylic oxidation sites excluding steroid dienone is 1. The predicted molar refractivity (Wildman–Crippen MR) is 48.9 cm³/mol. The zero-order valence-electron chi connectivity index (χ0n) is 7.71. The molecule has 0 radical (unpaired) electrons. The van der Waals surface area contributed by atoms with E-state index in [2.05, 4.69) is 5.32 Å². The van der Waals surface area contributed by atoms with Gasteiger partial charge < -0.3 is 10.2 Å². The van der Waals surface area contributed by atoms with E-state index in [1.807, 2.05) is 18.7 Å². The molecule has 1 aliphatic rings. The van der Waals surface area contributed by atoms with E-state index in [0.717, 1.165) is 19.6 Å². The highest BCUT2D eigenvalue weighted by atomic mass is 16.2. The minimum atomic E-state index is 0.131. The van der Waals surface area contributed by atoms with Gasteiger partial charge in [-0.05, 0) is 19.9 Å². The maximum atomic E-state index is 11.4. The Labute approximate surface area is 73.4 Å². The van der Waals surface area contributed by atoms with Crippen LogP contribution in [0.5, 0.6) is 0 Å². The molecule has 0 aromatic carbocycles. The van der Waals surface area contributed by atoms with Crippen molar-refractivity contribution in [1.29, 1.82) is 0 Å². The molecule has 0 saturated carbocycles. The maximum Gasteiger partial charge on any atom is 0.246 e. The minimum absolute atomic E-state index is 0.131. The fourth-order valence-corrected chi connectivity index (χ4v) is 1.33. The van der Waals surface area contributed by atoms with Crippen LogP contribution in [0.2, 0.25) is 0 Å². The number of nitrogens with zero attached hydrogens (tertiary/aromatic N) is 1. The van der Waals surface area contributed by atoms with Crippen LogP contribution in [-0.4, -0.2) is 36.5 Å². The number of carbonyl (C=O) groups is 1. The Morgan fingerprint density at radius 1 is 1.67 bits per heavy atom. The van der Waals surface area contributed by atoms with Crippen molar-refractivity contribution in [2.45, 2.75) is 19.9 Å². The third-order valence-corrected chi connectivity index (χ3v) is 2.13. The first-order chi connectivity index (χ1) is 5.79. The molecule has 12 heavy (non-hydrogen) atoms. The number of hydrogen-bond acceptors (Lipinski definition) is 2. The van der Waals surface area contributed by atoms with E-state index in [1.165, 1.54) is 0 Å². The predicted octanol–water partition coefficient (Wildman–Crippen LogP) is 0.383. The van der Waals surface area contributed by atoms with Gasteiger partial charge in [0.05, 0.1) is 6.04 Å². The molecule has 3 heteroatoms. The molecule has 0 unspecified atom stereocenters. The van der Waals surface area contributed by atoms with Gasteiger partial charge in [-0.1, -0.05) is 6.08 Å². The van der Waals surface area contributed by atoms with Crippen LogP contribution < -0.4 is 5.32 Å². The molecule has 0 aromatic heterocycles. The molecule has 0 bridgehead atoms. The average molecular weight is 168 g/mol. The van der Waals surface area contributed by atoms with Crippen molar-refractivity contribution in [2.24, 2.45) is 0 Å². The van der Waals surface area contributed by atoms with Crippen LogP contribution >= 0.6 is 0 Å². The molecular formula is C9H16N2O. The standard InChI is InChI=1S/C9H16N2O/c1-3-5-9(12)11(4-2)8-6-10-7-8/h3,5,8,10H,4,6-7H2,1-2H3. The first kappa shape index (κ1) is 9.26. The van der Waals surface area contributed by atoms with Gasteiger partial charge in [0.25, 0.3) is 0 Å². The zero-order chi connectivity index (χ0) is 8.97. The highest BCUT2D eigenvalue weighted by Crippen LogP contribution is 2.05. The lowest BCUT2D eigenvalue weighted by Gasteiger charge is -2.37. The Hall–Kier alpha value is -0.830. The molecule has 0 atom stereocenters. The number of rotatable bonds is 3. The fraction of sp³-hybridized carbons (Fsp3) is 0.667. The Morgan fingerprint density at radius 2 is 2.33 bits per heavy atom. The van der Waals surface area contributed by atoms with E-state index >= 15 is 0 Å². The van der Waals surface area contributed by atoms with E-state index in [4.69, 9.17) is 0 Å². The van der Waals surface area contributed by atoms with E-state index in [1.54, 1.807) is 12.2 Å². The van der Waals surface area contributed by atoms with Crippen LogP contribution in [0.25, 0.3) is 0 Å². The third kappa shape index (κ3) is 1.85. The second-order valence-electron chi connectivity index (χ2n) is 2.94. The highest BCUT2D eigenvalue weighted by molar-refractivity contribution is 5.87. The van der Waals surface area contributed by atoms with E-state index in [0.29, 0.717) is 6.04 Å². The molecule has 0 aliphatic carbocycles. The summed E-state index contributed by atoms with van der Waals surface area (Å²) < 4.78 is 0. The summed E-state index contributed by atoms with van der Waals surface area (Å²) in [5.74, 6) is 0.131. The zero-order valence-corrected chi connectivity index (χ0v) is 7.71. The molecule has 1 saturated heterocycles. The lowest BCUT2D eigenvalue weighted by atomic mass is 10.1. The van der Waals surface area contributed by atoms with Gasteiger partial charge in [0.2, 0.25) is 5.91 Å². The largest absolute Gasteiger partial charge is 0.334 e. The summed E-state index contributed by atoms with van der Waals surface area (Å²) in [4.78, 5) is 13.3. The molecule has 0 aromatic rings. The van der Waals surface area contributed by atoms with Crippen molar-refractivity contribution in [1.82, 2.24) is 10.2 Å². The van der Waals surface area contributed by atoms with Gasteiger partial charge in [-0.15, -0.1) is 0 Å². The second kappa shape index (κ2) is 4.26. The lowest BCUT2D eigenvalue weighted by Crippen LogP contribution is -2.58. The summed E-state index contributed by atoms with van der Waals surface area (Å²) >= 11 is 0. The van der Waals surface area contributed by atoms with Crippen LogP contribution in [0.1, 0.15) is 13.8 Å². The van der Waals surface area contributed by atoms with Crippen molar-refractivity contribution < 1.29 is 4.79 Å². The van der Waals surface area contributed by atoms with E-state index < -0.39 is 0 Å². The van der Waals surface area contributed by atoms with Gasteiger partial charge in [0.15, 0.2) is 0 Å². The average Bonchev–Trinajstić information content (AvgIpc) is 1.96. The first-order valence-electron chi connectivity index (χ1n) is 4.43. The summed E-state index contributed by atoms with van der Waals surface area (Å²) in [6.45, 7) is 6.56. The summed E-state index contributed by atoms with van der Waals surface area (Å²) in [5, 5.41) is 3.16. The normalized spacial score (nSPS) is 17.8. The smallest absolute Gasteiger partial charge is 0.246 e. The Kier molecular flexibility index (Phi) is 3.29. The molecule has 1 heterocycles. The molecule has 1 aliphatic heterocycles. The van der Waals surface area contributed by atoms with Crippen molar-refractivity contribution >= 4 is 5.91 Å². The molecule has 1 fully saturated rings. The minimum Gasteiger partial charge on any atom is -0.334 e. The molecule has 0 spiro atoms. The quantitative estimate of drug-likeness (QED) is 0.618. The van der Waals surface area contributed by atoms with Crippen LogP contribution in [0.4, 0.5) is 0 Å². The van der Waals surface area contributed by atoms with Crippen LogP contribution in [-0.2, 0) is 4.79 Å². The monoisotopic (exact) mass is 168 g/mol. The van der Waals surface area contributed by atoms with Gasteiger partial charge in [-0.3, -0.25) is 4.79 Å². The number of carbonyl (C=O) groups excluding carboxylic acids is 1. The van der Waals surface area contributed by atoms with Crippen molar-refractivity contribution in [3.05, 3.63) is 12.2 Å². The number of amides is 1. The highest BCUT2D eigenvalue weighted by Gasteiger charge is 2.25. The van der Waals surface area contributed by atoms with Gasteiger partial charge in [-0.25, -0.2) is 0 Å². The Morgan fingerprint density at radius 3 is 2.67 bits per heavy atom. The van der Waals surface area contributed by atoms with Gasteiger partial charge >= 0.3 is 0 Å². The molecule has 1 N–H and O–H groups in total. The molecule has 3 nitrogen and oxygen atoms in total. The third-order valence-electron chi connectivity index (χ3n) is 2.13. The van der Waals surface area contributed by atoms with Crippen LogP contribution in [0, 0.1) is 0 Å². The molecule has 1 amide bonds. The summed E-state index contributed by atoms with van der Waals surface area (Å²) in [7, 11) is 0.